The van der Waals surface area contributed by atoms with Crippen LogP contribution in [0.25, 0.3) is 0 Å². The number of carboxylic acid groups (broad SMARTS) is 2. The van der Waals surface area contributed by atoms with E-state index in [1.807, 2.05) is 113 Å². The zero-order valence-corrected chi connectivity index (χ0v) is 29.9. The predicted octanol–water partition coefficient (Wildman–Crippen LogP) is 7.87. The molecule has 2 atom stereocenters. The molecule has 0 aliphatic heterocycles. The van der Waals surface area contributed by atoms with E-state index in [2.05, 4.69) is 0 Å². The number of hydrogen-bond donors (Lipinski definition) is 2. The molecule has 1 aliphatic carbocycles. The lowest BCUT2D eigenvalue weighted by molar-refractivity contribution is -0.189. The van der Waals surface area contributed by atoms with E-state index in [0.29, 0.717) is 35.8 Å². The van der Waals surface area contributed by atoms with E-state index in [-0.39, 0.29) is 25.2 Å². The van der Waals surface area contributed by atoms with Crippen LogP contribution < -0.4 is 9.47 Å². The monoisotopic (exact) mass is 706 g/mol. The molecule has 10 nitrogen and oxygen atoms in total. The highest BCUT2D eigenvalue weighted by atomic mass is 16.5. The summed E-state index contributed by atoms with van der Waals surface area (Å²) in [6, 6.07) is 32.4. The summed E-state index contributed by atoms with van der Waals surface area (Å²) in [5.74, 6) is -7.16. The summed E-state index contributed by atoms with van der Waals surface area (Å²) in [4.78, 5) is 57.3. The lowest BCUT2D eigenvalue weighted by Gasteiger charge is -2.49. The SMILES string of the molecule is CCC(C)N(Cc1ccc(Oc2ccccc2)cc1)C(=O)C1C(C(=O)O)C(C(=O)N(Cc2ccc(Oc3ccccc3)cc2)C(C)CC)C1C(=O)O. The standard InChI is InChI=1S/C42H46N2O8/c1-5-27(3)43(25-29-17-21-33(22-18-29)51-31-13-9-7-10-14-31)39(45)35-37(41(47)48)36(38(35)42(49)50)40(46)44(28(4)6-2)26-30-19-23-34(24-20-30)52-32-15-11-8-12-16-32/h7-24,27-28,35-38H,5-6,25-26H2,1-4H3,(H,47,48)(H,49,50). The highest BCUT2D eigenvalue weighted by molar-refractivity contribution is 5.99. The fraction of sp³-hybridized carbons (Fsp3) is 0.333. The average molecular weight is 707 g/mol. The van der Waals surface area contributed by atoms with Crippen LogP contribution in [0.15, 0.2) is 109 Å². The van der Waals surface area contributed by atoms with Crippen molar-refractivity contribution in [2.45, 2.75) is 65.7 Å². The van der Waals surface area contributed by atoms with Gasteiger partial charge in [-0.3, -0.25) is 19.2 Å². The van der Waals surface area contributed by atoms with E-state index >= 15 is 0 Å². The maximum atomic E-state index is 14.3. The molecule has 0 saturated heterocycles. The van der Waals surface area contributed by atoms with Crippen molar-refractivity contribution in [2.75, 3.05) is 0 Å². The molecule has 2 amide bonds. The van der Waals surface area contributed by atoms with Gasteiger partial charge in [0.1, 0.15) is 23.0 Å². The highest BCUT2D eigenvalue weighted by Crippen LogP contribution is 2.49. The van der Waals surface area contributed by atoms with Crippen molar-refractivity contribution in [2.24, 2.45) is 23.7 Å². The number of ether oxygens (including phenoxy) is 2. The molecule has 1 fully saturated rings. The zero-order valence-electron chi connectivity index (χ0n) is 29.9. The number of aliphatic carboxylic acids is 2. The topological polar surface area (TPSA) is 134 Å². The molecule has 1 saturated carbocycles. The summed E-state index contributed by atoms with van der Waals surface area (Å²) in [6.07, 6.45) is 1.12. The Hall–Kier alpha value is -5.64. The molecule has 2 unspecified atom stereocenters. The van der Waals surface area contributed by atoms with Crippen LogP contribution in [0.2, 0.25) is 0 Å². The Labute approximate surface area is 304 Å². The van der Waals surface area contributed by atoms with Crippen molar-refractivity contribution in [1.82, 2.24) is 9.80 Å². The van der Waals surface area contributed by atoms with Gasteiger partial charge in [0.05, 0.1) is 23.7 Å². The van der Waals surface area contributed by atoms with Gasteiger partial charge < -0.3 is 29.5 Å². The number of benzene rings is 4. The van der Waals surface area contributed by atoms with Crippen molar-refractivity contribution in [1.29, 1.82) is 0 Å². The molecule has 0 spiro atoms. The summed E-state index contributed by atoms with van der Waals surface area (Å²) in [6.45, 7) is 7.77. The maximum Gasteiger partial charge on any atom is 0.308 e. The van der Waals surface area contributed by atoms with Gasteiger partial charge in [-0.05, 0) is 86.3 Å². The molecule has 4 aromatic rings. The minimum atomic E-state index is -1.50. The Balaban J connectivity index is 1.35. The van der Waals surface area contributed by atoms with Crippen LogP contribution in [0.5, 0.6) is 23.0 Å². The van der Waals surface area contributed by atoms with Crippen molar-refractivity contribution in [3.05, 3.63) is 120 Å². The van der Waals surface area contributed by atoms with E-state index in [9.17, 15) is 29.4 Å². The van der Waals surface area contributed by atoms with Crippen LogP contribution in [-0.4, -0.2) is 55.8 Å². The Morgan fingerprint density at radius 3 is 1.12 bits per heavy atom. The Bertz CT molecular complexity index is 1670. The molecule has 0 heterocycles. The first-order valence-electron chi connectivity index (χ1n) is 17.7. The van der Waals surface area contributed by atoms with Gasteiger partial charge in [0, 0.05) is 25.2 Å². The highest BCUT2D eigenvalue weighted by Gasteiger charge is 2.65. The first-order chi connectivity index (χ1) is 25.0. The predicted molar refractivity (Wildman–Crippen MR) is 196 cm³/mol. The quantitative estimate of drug-likeness (QED) is 0.120. The molecular weight excluding hydrogens is 660 g/mol. The second kappa shape index (κ2) is 17.0. The van der Waals surface area contributed by atoms with E-state index in [1.165, 1.54) is 9.80 Å². The van der Waals surface area contributed by atoms with Crippen molar-refractivity contribution < 1.29 is 38.9 Å². The number of hydrogen-bond acceptors (Lipinski definition) is 6. The van der Waals surface area contributed by atoms with Crippen LogP contribution in [0.3, 0.4) is 0 Å². The minimum absolute atomic E-state index is 0.135. The van der Waals surface area contributed by atoms with E-state index in [1.54, 1.807) is 24.3 Å². The smallest absolute Gasteiger partial charge is 0.308 e. The van der Waals surface area contributed by atoms with Gasteiger partial charge in [-0.2, -0.15) is 0 Å². The molecule has 4 aromatic carbocycles. The number of nitrogens with zero attached hydrogens (tertiary/aromatic N) is 2. The van der Waals surface area contributed by atoms with Gasteiger partial charge in [0.2, 0.25) is 11.8 Å². The third kappa shape index (κ3) is 8.62. The largest absolute Gasteiger partial charge is 0.481 e. The number of rotatable bonds is 16. The van der Waals surface area contributed by atoms with Gasteiger partial charge in [0.25, 0.3) is 0 Å². The molecule has 0 aromatic heterocycles. The van der Waals surface area contributed by atoms with Crippen LogP contribution >= 0.6 is 0 Å². The van der Waals surface area contributed by atoms with Gasteiger partial charge in [-0.25, -0.2) is 0 Å². The number of para-hydroxylation sites is 2. The normalized spacial score (nSPS) is 19.0. The summed E-state index contributed by atoms with van der Waals surface area (Å²) < 4.78 is 11.8. The number of amides is 2. The van der Waals surface area contributed by atoms with E-state index in [0.717, 1.165) is 11.1 Å². The molecule has 1 aliphatic rings. The second-order valence-corrected chi connectivity index (χ2v) is 13.3. The van der Waals surface area contributed by atoms with Crippen LogP contribution in [0.4, 0.5) is 0 Å². The van der Waals surface area contributed by atoms with Gasteiger partial charge in [-0.15, -0.1) is 0 Å². The molecule has 10 heteroatoms. The van der Waals surface area contributed by atoms with E-state index in [4.69, 9.17) is 9.47 Å². The van der Waals surface area contributed by atoms with Gasteiger partial charge in [0.15, 0.2) is 0 Å². The lowest BCUT2D eigenvalue weighted by Crippen LogP contribution is -2.65. The van der Waals surface area contributed by atoms with Crippen molar-refractivity contribution in [3.8, 4) is 23.0 Å². The van der Waals surface area contributed by atoms with Crippen LogP contribution in [0.1, 0.15) is 51.7 Å². The summed E-state index contributed by atoms with van der Waals surface area (Å²) in [5.41, 5.74) is 1.53. The molecular formula is C42H46N2O8. The molecule has 5 rings (SSSR count). The van der Waals surface area contributed by atoms with Crippen molar-refractivity contribution >= 4 is 23.8 Å². The third-order valence-electron chi connectivity index (χ3n) is 10.0. The van der Waals surface area contributed by atoms with Gasteiger partial charge in [-0.1, -0.05) is 74.5 Å². The van der Waals surface area contributed by atoms with Crippen LogP contribution in [0, 0.1) is 23.7 Å². The second-order valence-electron chi connectivity index (χ2n) is 13.3. The maximum absolute atomic E-state index is 14.3. The number of carbonyl (C=O) groups is 4. The fourth-order valence-corrected chi connectivity index (χ4v) is 6.67. The third-order valence-corrected chi connectivity index (χ3v) is 10.0. The van der Waals surface area contributed by atoms with E-state index < -0.39 is 47.4 Å². The summed E-state index contributed by atoms with van der Waals surface area (Å²) in [7, 11) is 0. The minimum Gasteiger partial charge on any atom is -0.481 e. The zero-order chi connectivity index (χ0) is 37.4. The number of carbonyl (C=O) groups excluding carboxylic acids is 2. The fourth-order valence-electron chi connectivity index (χ4n) is 6.67. The summed E-state index contributed by atoms with van der Waals surface area (Å²) in [5, 5.41) is 20.9. The molecule has 0 radical (unpaired) electrons. The average Bonchev–Trinajstić information content (AvgIpc) is 3.13. The van der Waals surface area contributed by atoms with Crippen molar-refractivity contribution in [3.63, 3.8) is 0 Å². The summed E-state index contributed by atoms with van der Waals surface area (Å²) >= 11 is 0. The molecule has 0 bridgehead atoms. The molecule has 272 valence electrons. The first kappa shape index (κ1) is 37.6. The molecule has 2 N–H and O–H groups in total. The lowest BCUT2D eigenvalue weighted by atomic mass is 9.55. The Morgan fingerprint density at radius 1 is 0.519 bits per heavy atom. The Morgan fingerprint density at radius 2 is 0.827 bits per heavy atom. The Kier molecular flexibility index (Phi) is 12.3. The first-order valence-corrected chi connectivity index (χ1v) is 17.7. The molecule has 52 heavy (non-hydrogen) atoms. The van der Waals surface area contributed by atoms with Gasteiger partial charge >= 0.3 is 11.9 Å². The van der Waals surface area contributed by atoms with Crippen LogP contribution in [-0.2, 0) is 32.3 Å². The number of carboxylic acids is 2.